The molecule has 6 heteroatoms. The van der Waals surface area contributed by atoms with Gasteiger partial charge in [-0.15, -0.1) is 6.42 Å². The van der Waals surface area contributed by atoms with Gasteiger partial charge in [-0.25, -0.2) is 8.42 Å². The molecule has 1 saturated carbocycles. The van der Waals surface area contributed by atoms with E-state index in [4.69, 9.17) is 10.8 Å². The van der Waals surface area contributed by atoms with E-state index in [1.54, 1.807) is 19.9 Å². The summed E-state index contributed by atoms with van der Waals surface area (Å²) in [4.78, 5) is 0.210. The zero-order valence-electron chi connectivity index (χ0n) is 11.8. The van der Waals surface area contributed by atoms with E-state index in [1.807, 2.05) is 0 Å². The largest absolute Gasteiger partial charge is 0.464 e. The summed E-state index contributed by atoms with van der Waals surface area (Å²) in [7, 11) is -3.58. The molecule has 0 saturated heterocycles. The van der Waals surface area contributed by atoms with Crippen molar-refractivity contribution in [2.24, 2.45) is 0 Å². The van der Waals surface area contributed by atoms with Gasteiger partial charge in [-0.3, -0.25) is 0 Å². The Bertz CT molecular complexity index is 609. The number of aryl methyl sites for hydroxylation is 1. The van der Waals surface area contributed by atoms with Crippen molar-refractivity contribution in [3.8, 4) is 12.3 Å². The third-order valence-electron chi connectivity index (χ3n) is 3.30. The van der Waals surface area contributed by atoms with Crippen molar-refractivity contribution in [1.29, 1.82) is 0 Å². The van der Waals surface area contributed by atoms with Gasteiger partial charge in [0.25, 0.3) is 0 Å². The fraction of sp³-hybridized carbons (Fsp3) is 0.571. The summed E-state index contributed by atoms with van der Waals surface area (Å²) in [6, 6.07) is 2.15. The number of nitrogens with one attached hydrogen (secondary N) is 1. The highest BCUT2D eigenvalue weighted by Gasteiger charge is 2.28. The minimum Gasteiger partial charge on any atom is -0.464 e. The third kappa shape index (κ3) is 3.23. The third-order valence-corrected chi connectivity index (χ3v) is 5.33. The normalized spacial score (nSPS) is 15.5. The maximum Gasteiger partial charge on any atom is 0.247 e. The number of terminal acetylenes is 1. The van der Waals surface area contributed by atoms with Gasteiger partial charge in [0.05, 0.1) is 13.1 Å². The lowest BCUT2D eigenvalue weighted by Gasteiger charge is -2.16. The predicted octanol–water partition coefficient (Wildman–Crippen LogP) is 1.48. The molecule has 5 nitrogen and oxygen atoms in total. The van der Waals surface area contributed by atoms with Crippen LogP contribution in [0.3, 0.4) is 0 Å². The summed E-state index contributed by atoms with van der Waals surface area (Å²) in [5.74, 6) is 3.43. The van der Waals surface area contributed by atoms with Crippen LogP contribution < -0.4 is 5.32 Å². The van der Waals surface area contributed by atoms with Gasteiger partial charge < -0.3 is 9.73 Å². The molecule has 0 amide bonds. The van der Waals surface area contributed by atoms with Crippen LogP contribution in [-0.2, 0) is 16.6 Å². The van der Waals surface area contributed by atoms with Crippen molar-refractivity contribution in [2.75, 3.05) is 13.1 Å². The molecule has 1 N–H and O–H groups in total. The summed E-state index contributed by atoms with van der Waals surface area (Å²) in [6.45, 7) is 4.39. The van der Waals surface area contributed by atoms with Crippen LogP contribution in [0.2, 0.25) is 0 Å². The Balaban J connectivity index is 2.19. The van der Waals surface area contributed by atoms with E-state index in [1.165, 1.54) is 17.1 Å². The van der Waals surface area contributed by atoms with Gasteiger partial charge in [0.15, 0.2) is 0 Å². The number of nitrogens with zero attached hydrogens (tertiary/aromatic N) is 1. The molecule has 0 unspecified atom stereocenters. The molecule has 1 heterocycles. The number of rotatable bonds is 7. The summed E-state index contributed by atoms with van der Waals surface area (Å²) in [5.41, 5.74) is 0. The Labute approximate surface area is 120 Å². The van der Waals surface area contributed by atoms with E-state index in [-0.39, 0.29) is 11.4 Å². The van der Waals surface area contributed by atoms with Crippen molar-refractivity contribution in [1.82, 2.24) is 9.62 Å². The van der Waals surface area contributed by atoms with Gasteiger partial charge in [0.2, 0.25) is 10.0 Å². The molecule has 1 aromatic heterocycles. The summed E-state index contributed by atoms with van der Waals surface area (Å²) in [6.07, 6.45) is 7.58. The number of hydrogen-bond acceptors (Lipinski definition) is 4. The molecule has 110 valence electrons. The van der Waals surface area contributed by atoms with Gasteiger partial charge in [-0.05, 0) is 19.8 Å². The maximum atomic E-state index is 12.5. The standard InChI is InChI=1S/C14H20N2O3S/c1-4-8-16(5-2)20(17,18)14-9-13(19-11(14)3)10-15-12-6-7-12/h1,9,12,15H,5-8,10H2,2-3H3. The first-order chi connectivity index (χ1) is 9.48. The van der Waals surface area contributed by atoms with E-state index in [9.17, 15) is 8.42 Å². The lowest BCUT2D eigenvalue weighted by Crippen LogP contribution is -2.31. The van der Waals surface area contributed by atoms with Crippen LogP contribution in [0.5, 0.6) is 0 Å². The van der Waals surface area contributed by atoms with E-state index in [0.29, 0.717) is 30.7 Å². The number of sulfonamides is 1. The summed E-state index contributed by atoms with van der Waals surface area (Å²) >= 11 is 0. The summed E-state index contributed by atoms with van der Waals surface area (Å²) < 4.78 is 31.8. The van der Waals surface area contributed by atoms with Crippen molar-refractivity contribution >= 4 is 10.0 Å². The fourth-order valence-electron chi connectivity index (χ4n) is 2.01. The van der Waals surface area contributed by atoms with Gasteiger partial charge in [0.1, 0.15) is 16.4 Å². The van der Waals surface area contributed by atoms with Crippen LogP contribution in [0.4, 0.5) is 0 Å². The molecule has 0 aromatic carbocycles. The topological polar surface area (TPSA) is 62.6 Å². The molecule has 1 aromatic rings. The molecule has 1 aliphatic carbocycles. The Morgan fingerprint density at radius 1 is 1.55 bits per heavy atom. The molecular formula is C14H20N2O3S. The van der Waals surface area contributed by atoms with Gasteiger partial charge >= 0.3 is 0 Å². The maximum absolute atomic E-state index is 12.5. The van der Waals surface area contributed by atoms with Crippen molar-refractivity contribution in [3.05, 3.63) is 17.6 Å². The average Bonchev–Trinajstić information content (AvgIpc) is 3.15. The number of furan rings is 1. The smallest absolute Gasteiger partial charge is 0.247 e. The van der Waals surface area contributed by atoms with Gasteiger partial charge in [-0.2, -0.15) is 4.31 Å². The monoisotopic (exact) mass is 296 g/mol. The second-order valence-electron chi connectivity index (χ2n) is 4.92. The minimum absolute atomic E-state index is 0.0686. The van der Waals surface area contributed by atoms with Crippen LogP contribution in [0, 0.1) is 19.3 Å². The van der Waals surface area contributed by atoms with Crippen LogP contribution in [-0.4, -0.2) is 31.9 Å². The molecule has 0 bridgehead atoms. The quantitative estimate of drug-likeness (QED) is 0.774. The summed E-state index contributed by atoms with van der Waals surface area (Å²) in [5, 5.41) is 3.30. The van der Waals surface area contributed by atoms with E-state index in [0.717, 1.165) is 0 Å². The van der Waals surface area contributed by atoms with Crippen LogP contribution in [0.1, 0.15) is 31.3 Å². The van der Waals surface area contributed by atoms with Crippen LogP contribution in [0.25, 0.3) is 0 Å². The highest BCUT2D eigenvalue weighted by Crippen LogP contribution is 2.25. The second-order valence-corrected chi connectivity index (χ2v) is 6.83. The zero-order valence-corrected chi connectivity index (χ0v) is 12.7. The first-order valence-electron chi connectivity index (χ1n) is 6.75. The van der Waals surface area contributed by atoms with Crippen molar-refractivity contribution in [2.45, 2.75) is 44.2 Å². The van der Waals surface area contributed by atoms with E-state index < -0.39 is 10.0 Å². The average molecular weight is 296 g/mol. The van der Waals surface area contributed by atoms with E-state index in [2.05, 4.69) is 11.2 Å². The molecule has 2 rings (SSSR count). The Morgan fingerprint density at radius 2 is 2.25 bits per heavy atom. The minimum atomic E-state index is -3.58. The van der Waals surface area contributed by atoms with Crippen LogP contribution in [0.15, 0.2) is 15.4 Å². The van der Waals surface area contributed by atoms with E-state index >= 15 is 0 Å². The van der Waals surface area contributed by atoms with Crippen molar-refractivity contribution in [3.63, 3.8) is 0 Å². The molecule has 1 aliphatic rings. The fourth-order valence-corrected chi connectivity index (χ4v) is 3.56. The Hall–Kier alpha value is -1.29. The predicted molar refractivity (Wildman–Crippen MR) is 76.6 cm³/mol. The first-order valence-corrected chi connectivity index (χ1v) is 8.19. The second kappa shape index (κ2) is 6.00. The molecule has 0 aliphatic heterocycles. The zero-order chi connectivity index (χ0) is 14.8. The van der Waals surface area contributed by atoms with Crippen molar-refractivity contribution < 1.29 is 12.8 Å². The SMILES string of the molecule is C#CCN(CC)S(=O)(=O)c1cc(CNC2CC2)oc1C. The Morgan fingerprint density at radius 3 is 2.80 bits per heavy atom. The highest BCUT2D eigenvalue weighted by molar-refractivity contribution is 7.89. The molecule has 0 spiro atoms. The highest BCUT2D eigenvalue weighted by atomic mass is 32.2. The molecule has 20 heavy (non-hydrogen) atoms. The lowest BCUT2D eigenvalue weighted by atomic mass is 10.4. The lowest BCUT2D eigenvalue weighted by molar-refractivity contribution is 0.446. The van der Waals surface area contributed by atoms with Gasteiger partial charge in [0, 0.05) is 18.7 Å². The van der Waals surface area contributed by atoms with Gasteiger partial charge in [-0.1, -0.05) is 12.8 Å². The first kappa shape index (κ1) is 15.1. The van der Waals surface area contributed by atoms with Crippen LogP contribution >= 0.6 is 0 Å². The molecular weight excluding hydrogens is 276 g/mol. The molecule has 0 atom stereocenters. The number of hydrogen-bond donors (Lipinski definition) is 1. The Kier molecular flexibility index (Phi) is 4.53. The molecule has 0 radical (unpaired) electrons. The molecule has 1 fully saturated rings.